The van der Waals surface area contributed by atoms with E-state index in [0.29, 0.717) is 27.2 Å². The van der Waals surface area contributed by atoms with Gasteiger partial charge in [-0.1, -0.05) is 23.2 Å². The van der Waals surface area contributed by atoms with Crippen LogP contribution in [0, 0.1) is 6.92 Å². The number of nitrogen functional groups attached to an aromatic ring is 1. The molecule has 0 bridgehead atoms. The Balaban J connectivity index is 2.03. The highest BCUT2D eigenvalue weighted by molar-refractivity contribution is 7.18. The van der Waals surface area contributed by atoms with Gasteiger partial charge in [0.05, 0.1) is 25.9 Å². The molecule has 0 spiro atoms. The first-order chi connectivity index (χ1) is 9.52. The van der Waals surface area contributed by atoms with E-state index >= 15 is 0 Å². The van der Waals surface area contributed by atoms with Crippen molar-refractivity contribution in [3.05, 3.63) is 45.4 Å². The van der Waals surface area contributed by atoms with Gasteiger partial charge < -0.3 is 10.5 Å². The van der Waals surface area contributed by atoms with Gasteiger partial charge in [0.25, 0.3) is 0 Å². The Morgan fingerprint density at radius 1 is 1.15 bits per heavy atom. The summed E-state index contributed by atoms with van der Waals surface area (Å²) in [5.41, 5.74) is 7.42. The number of anilines is 1. The number of nitrogens with two attached hydrogens (primary N) is 1. The number of benzene rings is 2. The lowest BCUT2D eigenvalue weighted by molar-refractivity contribution is 0.486. The topological polar surface area (TPSA) is 48.1 Å². The molecule has 0 atom stereocenters. The third kappa shape index (κ3) is 2.54. The molecule has 6 heteroatoms. The van der Waals surface area contributed by atoms with E-state index in [1.807, 2.05) is 19.1 Å². The lowest BCUT2D eigenvalue weighted by Gasteiger charge is -2.10. The van der Waals surface area contributed by atoms with Crippen molar-refractivity contribution in [2.45, 2.75) is 6.92 Å². The lowest BCUT2D eigenvalue weighted by Crippen LogP contribution is -1.92. The number of hydrogen-bond donors (Lipinski definition) is 1. The van der Waals surface area contributed by atoms with E-state index in [-0.39, 0.29) is 0 Å². The number of ether oxygens (including phenoxy) is 1. The van der Waals surface area contributed by atoms with Gasteiger partial charge in [0, 0.05) is 11.1 Å². The number of fused-ring (bicyclic) bond motifs is 1. The molecule has 0 amide bonds. The molecule has 3 rings (SSSR count). The standard InChI is InChI=1S/C14H10Cl2N2OS/c1-7-18-11-6-13(10(17)5-14(11)20-7)19-12-3-2-8(15)4-9(12)16/h2-6H,17H2,1H3. The Morgan fingerprint density at radius 3 is 2.70 bits per heavy atom. The second kappa shape index (κ2) is 5.13. The highest BCUT2D eigenvalue weighted by atomic mass is 35.5. The van der Waals surface area contributed by atoms with Crippen LogP contribution in [0.3, 0.4) is 0 Å². The van der Waals surface area contributed by atoms with Crippen molar-refractivity contribution >= 4 is 50.4 Å². The number of hydrogen-bond acceptors (Lipinski definition) is 4. The monoisotopic (exact) mass is 324 g/mol. The highest BCUT2D eigenvalue weighted by Gasteiger charge is 2.10. The van der Waals surface area contributed by atoms with E-state index in [0.717, 1.165) is 15.2 Å². The van der Waals surface area contributed by atoms with Crippen LogP contribution in [0.2, 0.25) is 10.0 Å². The molecule has 3 nitrogen and oxygen atoms in total. The summed E-state index contributed by atoms with van der Waals surface area (Å²) in [4.78, 5) is 4.42. The van der Waals surface area contributed by atoms with Crippen molar-refractivity contribution < 1.29 is 4.74 Å². The molecule has 1 aromatic heterocycles. The Bertz CT molecular complexity index is 801. The van der Waals surface area contributed by atoms with Crippen molar-refractivity contribution in [3.8, 4) is 11.5 Å². The lowest BCUT2D eigenvalue weighted by atomic mass is 10.2. The maximum Gasteiger partial charge on any atom is 0.152 e. The minimum absolute atomic E-state index is 0.437. The number of thiazole rings is 1. The molecule has 2 aromatic carbocycles. The van der Waals surface area contributed by atoms with E-state index in [1.165, 1.54) is 0 Å². The van der Waals surface area contributed by atoms with Crippen LogP contribution in [0.15, 0.2) is 30.3 Å². The third-order valence-corrected chi connectivity index (χ3v) is 4.20. The number of aryl methyl sites for hydroxylation is 1. The van der Waals surface area contributed by atoms with Crippen LogP contribution in [-0.2, 0) is 0 Å². The number of rotatable bonds is 2. The van der Waals surface area contributed by atoms with Crippen molar-refractivity contribution in [3.63, 3.8) is 0 Å². The molecule has 20 heavy (non-hydrogen) atoms. The molecule has 0 aliphatic heterocycles. The molecule has 0 unspecified atom stereocenters. The molecular weight excluding hydrogens is 315 g/mol. The van der Waals surface area contributed by atoms with Crippen LogP contribution < -0.4 is 10.5 Å². The highest BCUT2D eigenvalue weighted by Crippen LogP contribution is 2.37. The predicted molar refractivity (Wildman–Crippen MR) is 85.3 cm³/mol. The van der Waals surface area contributed by atoms with Gasteiger partial charge in [-0.3, -0.25) is 0 Å². The summed E-state index contributed by atoms with van der Waals surface area (Å²) >= 11 is 13.5. The van der Waals surface area contributed by atoms with Crippen LogP contribution in [0.1, 0.15) is 5.01 Å². The minimum atomic E-state index is 0.437. The first-order valence-electron chi connectivity index (χ1n) is 5.82. The zero-order valence-electron chi connectivity index (χ0n) is 10.5. The second-order valence-corrected chi connectivity index (χ2v) is 6.35. The first kappa shape index (κ1) is 13.5. The second-order valence-electron chi connectivity index (χ2n) is 4.27. The van der Waals surface area contributed by atoms with Crippen LogP contribution in [0.5, 0.6) is 11.5 Å². The maximum atomic E-state index is 6.09. The van der Waals surface area contributed by atoms with Gasteiger partial charge in [0.15, 0.2) is 5.75 Å². The normalized spacial score (nSPS) is 10.9. The van der Waals surface area contributed by atoms with Crippen LogP contribution in [0.4, 0.5) is 5.69 Å². The average Bonchev–Trinajstić information content (AvgIpc) is 2.72. The fourth-order valence-electron chi connectivity index (χ4n) is 1.85. The number of aromatic nitrogens is 1. The molecule has 0 saturated carbocycles. The minimum Gasteiger partial charge on any atom is -0.454 e. The van der Waals surface area contributed by atoms with Gasteiger partial charge in [0.1, 0.15) is 5.75 Å². The van der Waals surface area contributed by atoms with Gasteiger partial charge in [0.2, 0.25) is 0 Å². The summed E-state index contributed by atoms with van der Waals surface area (Å²) in [6.07, 6.45) is 0. The van der Waals surface area contributed by atoms with E-state index in [4.69, 9.17) is 33.7 Å². The van der Waals surface area contributed by atoms with Crippen LogP contribution in [0.25, 0.3) is 10.2 Å². The maximum absolute atomic E-state index is 6.09. The Kier molecular flexibility index (Phi) is 3.46. The summed E-state index contributed by atoms with van der Waals surface area (Å²) < 4.78 is 6.80. The Morgan fingerprint density at radius 2 is 1.95 bits per heavy atom. The molecule has 0 saturated heterocycles. The molecule has 102 valence electrons. The predicted octanol–water partition coefficient (Wildman–Crippen LogP) is 5.29. The zero-order valence-corrected chi connectivity index (χ0v) is 12.8. The Hall–Kier alpha value is -1.49. The van der Waals surface area contributed by atoms with Gasteiger partial charge in [-0.15, -0.1) is 11.3 Å². The van der Waals surface area contributed by atoms with E-state index in [9.17, 15) is 0 Å². The molecule has 0 aliphatic rings. The quantitative estimate of drug-likeness (QED) is 0.652. The summed E-state index contributed by atoms with van der Waals surface area (Å²) in [6, 6.07) is 8.73. The zero-order chi connectivity index (χ0) is 14.3. The fourth-order valence-corrected chi connectivity index (χ4v) is 3.15. The van der Waals surface area contributed by atoms with Gasteiger partial charge in [-0.2, -0.15) is 0 Å². The van der Waals surface area contributed by atoms with Gasteiger partial charge >= 0.3 is 0 Å². The van der Waals surface area contributed by atoms with Crippen molar-refractivity contribution in [1.29, 1.82) is 0 Å². The van der Waals surface area contributed by atoms with Crippen molar-refractivity contribution in [2.24, 2.45) is 0 Å². The molecule has 0 fully saturated rings. The summed E-state index contributed by atoms with van der Waals surface area (Å²) in [6.45, 7) is 1.96. The number of nitrogens with zero attached hydrogens (tertiary/aromatic N) is 1. The van der Waals surface area contributed by atoms with Crippen LogP contribution in [-0.4, -0.2) is 4.98 Å². The molecular formula is C14H10Cl2N2OS. The van der Waals surface area contributed by atoms with Gasteiger partial charge in [-0.05, 0) is 31.2 Å². The molecule has 2 N–H and O–H groups in total. The fraction of sp³-hybridized carbons (Fsp3) is 0.0714. The smallest absolute Gasteiger partial charge is 0.152 e. The Labute approximate surface area is 129 Å². The van der Waals surface area contributed by atoms with Crippen molar-refractivity contribution in [2.75, 3.05) is 5.73 Å². The number of halogens is 2. The van der Waals surface area contributed by atoms with Gasteiger partial charge in [-0.25, -0.2) is 4.98 Å². The molecule has 0 radical (unpaired) electrons. The van der Waals surface area contributed by atoms with E-state index in [2.05, 4.69) is 4.98 Å². The summed E-state index contributed by atoms with van der Waals surface area (Å²) in [5, 5.41) is 1.98. The van der Waals surface area contributed by atoms with E-state index < -0.39 is 0 Å². The molecule has 1 heterocycles. The van der Waals surface area contributed by atoms with Crippen molar-refractivity contribution in [1.82, 2.24) is 4.98 Å². The molecule has 0 aliphatic carbocycles. The third-order valence-electron chi connectivity index (χ3n) is 2.74. The largest absolute Gasteiger partial charge is 0.454 e. The molecule has 3 aromatic rings. The summed E-state index contributed by atoms with van der Waals surface area (Å²) in [7, 11) is 0. The average molecular weight is 325 g/mol. The summed E-state index contributed by atoms with van der Waals surface area (Å²) in [5.74, 6) is 1.04. The first-order valence-corrected chi connectivity index (χ1v) is 7.40. The SMILES string of the molecule is Cc1nc2cc(Oc3ccc(Cl)cc3Cl)c(N)cc2s1. The van der Waals surface area contributed by atoms with Crippen LogP contribution >= 0.6 is 34.5 Å². The van der Waals surface area contributed by atoms with E-state index in [1.54, 1.807) is 29.5 Å².